The van der Waals surface area contributed by atoms with Crippen molar-refractivity contribution in [1.82, 2.24) is 10.2 Å². The van der Waals surface area contributed by atoms with E-state index >= 15 is 0 Å². The zero-order valence-corrected chi connectivity index (χ0v) is 13.4. The lowest BCUT2D eigenvalue weighted by atomic mass is 9.89. The van der Waals surface area contributed by atoms with Gasteiger partial charge in [-0.15, -0.1) is 0 Å². The Morgan fingerprint density at radius 3 is 2.63 bits per heavy atom. The normalized spacial score (nSPS) is 24.6. The van der Waals surface area contributed by atoms with Crippen LogP contribution in [0.15, 0.2) is 0 Å². The number of aliphatic hydroxyl groups is 1. The molecule has 0 aromatic carbocycles. The highest BCUT2D eigenvalue weighted by atomic mass is 16.3. The number of nitrogens with zero attached hydrogens (tertiary/aromatic N) is 1. The molecule has 3 unspecified atom stereocenters. The summed E-state index contributed by atoms with van der Waals surface area (Å²) >= 11 is 0. The van der Waals surface area contributed by atoms with Gasteiger partial charge in [0.1, 0.15) is 0 Å². The molecule has 3 heteroatoms. The molecule has 19 heavy (non-hydrogen) atoms. The highest BCUT2D eigenvalue weighted by molar-refractivity contribution is 4.83. The van der Waals surface area contributed by atoms with Crippen molar-refractivity contribution in [3.05, 3.63) is 0 Å². The van der Waals surface area contributed by atoms with E-state index in [9.17, 15) is 5.11 Å². The molecular weight excluding hydrogens is 236 g/mol. The Bertz CT molecular complexity index is 231. The molecule has 0 aliphatic carbocycles. The second-order valence-corrected chi connectivity index (χ2v) is 6.52. The summed E-state index contributed by atoms with van der Waals surface area (Å²) in [5.74, 6) is 1.35. The van der Waals surface area contributed by atoms with Gasteiger partial charge in [-0.3, -0.25) is 0 Å². The van der Waals surface area contributed by atoms with Gasteiger partial charge < -0.3 is 15.3 Å². The summed E-state index contributed by atoms with van der Waals surface area (Å²) in [5.41, 5.74) is 0. The molecule has 0 spiro atoms. The van der Waals surface area contributed by atoms with Gasteiger partial charge in [0, 0.05) is 25.2 Å². The second-order valence-electron chi connectivity index (χ2n) is 6.52. The van der Waals surface area contributed by atoms with Crippen molar-refractivity contribution in [3.8, 4) is 0 Å². The lowest BCUT2D eigenvalue weighted by Crippen LogP contribution is -2.49. The SMILES string of the molecule is CCCN1CCCC(C(C)NC(CCO)C(C)C)C1. The van der Waals surface area contributed by atoms with Gasteiger partial charge in [-0.1, -0.05) is 20.8 Å². The highest BCUT2D eigenvalue weighted by Gasteiger charge is 2.26. The quantitative estimate of drug-likeness (QED) is 0.711. The fourth-order valence-electron chi connectivity index (χ4n) is 3.24. The molecule has 0 radical (unpaired) electrons. The molecule has 114 valence electrons. The third kappa shape index (κ3) is 5.80. The number of hydrogen-bond donors (Lipinski definition) is 2. The fraction of sp³-hybridized carbons (Fsp3) is 1.00. The average molecular weight is 270 g/mol. The number of piperidine rings is 1. The Morgan fingerprint density at radius 2 is 2.05 bits per heavy atom. The van der Waals surface area contributed by atoms with Gasteiger partial charge in [-0.05, 0) is 57.5 Å². The first-order chi connectivity index (χ1) is 9.08. The first-order valence-electron chi connectivity index (χ1n) is 8.17. The maximum Gasteiger partial charge on any atom is 0.0445 e. The summed E-state index contributed by atoms with van der Waals surface area (Å²) in [4.78, 5) is 2.61. The van der Waals surface area contributed by atoms with Gasteiger partial charge in [-0.2, -0.15) is 0 Å². The second kappa shape index (κ2) is 8.93. The molecular formula is C16H34N2O. The van der Waals surface area contributed by atoms with Crippen molar-refractivity contribution >= 4 is 0 Å². The summed E-state index contributed by atoms with van der Waals surface area (Å²) < 4.78 is 0. The van der Waals surface area contributed by atoms with E-state index in [0.717, 1.165) is 12.3 Å². The van der Waals surface area contributed by atoms with Crippen LogP contribution in [-0.2, 0) is 0 Å². The largest absolute Gasteiger partial charge is 0.396 e. The minimum atomic E-state index is 0.287. The highest BCUT2D eigenvalue weighted by Crippen LogP contribution is 2.21. The Kier molecular flexibility index (Phi) is 7.96. The van der Waals surface area contributed by atoms with Crippen molar-refractivity contribution in [2.45, 2.75) is 65.5 Å². The Labute approximate surface area is 119 Å². The van der Waals surface area contributed by atoms with E-state index in [-0.39, 0.29) is 6.61 Å². The molecule has 1 saturated heterocycles. The van der Waals surface area contributed by atoms with Crippen LogP contribution in [-0.4, -0.2) is 48.3 Å². The minimum Gasteiger partial charge on any atom is -0.396 e. The van der Waals surface area contributed by atoms with Crippen molar-refractivity contribution in [2.75, 3.05) is 26.2 Å². The van der Waals surface area contributed by atoms with Gasteiger partial charge in [0.2, 0.25) is 0 Å². The molecule has 2 N–H and O–H groups in total. The number of hydrogen-bond acceptors (Lipinski definition) is 3. The predicted molar refractivity (Wildman–Crippen MR) is 82.4 cm³/mol. The average Bonchev–Trinajstić information content (AvgIpc) is 2.38. The van der Waals surface area contributed by atoms with Crippen LogP contribution in [0.1, 0.15) is 53.4 Å². The molecule has 1 aliphatic heterocycles. The van der Waals surface area contributed by atoms with Crippen molar-refractivity contribution in [3.63, 3.8) is 0 Å². The smallest absolute Gasteiger partial charge is 0.0445 e. The Morgan fingerprint density at radius 1 is 1.32 bits per heavy atom. The zero-order chi connectivity index (χ0) is 14.3. The molecule has 3 nitrogen and oxygen atoms in total. The Hall–Kier alpha value is -0.120. The molecule has 0 saturated carbocycles. The van der Waals surface area contributed by atoms with Crippen LogP contribution in [0.25, 0.3) is 0 Å². The zero-order valence-electron chi connectivity index (χ0n) is 13.4. The molecule has 3 atom stereocenters. The Balaban J connectivity index is 2.44. The fourth-order valence-corrected chi connectivity index (χ4v) is 3.24. The predicted octanol–water partition coefficient (Wildman–Crippen LogP) is 2.49. The van der Waals surface area contributed by atoms with Crippen molar-refractivity contribution in [2.24, 2.45) is 11.8 Å². The molecule has 1 fully saturated rings. The van der Waals surface area contributed by atoms with Gasteiger partial charge in [-0.25, -0.2) is 0 Å². The lowest BCUT2D eigenvalue weighted by Gasteiger charge is -2.38. The summed E-state index contributed by atoms with van der Waals surface area (Å²) in [6.45, 7) is 13.1. The topological polar surface area (TPSA) is 35.5 Å². The van der Waals surface area contributed by atoms with Crippen LogP contribution in [0.5, 0.6) is 0 Å². The van der Waals surface area contributed by atoms with Crippen LogP contribution < -0.4 is 5.32 Å². The van der Waals surface area contributed by atoms with E-state index in [4.69, 9.17) is 0 Å². The van der Waals surface area contributed by atoms with Gasteiger partial charge in [0.25, 0.3) is 0 Å². The number of rotatable bonds is 8. The maximum atomic E-state index is 9.17. The molecule has 0 amide bonds. The van der Waals surface area contributed by atoms with Crippen LogP contribution in [0.2, 0.25) is 0 Å². The summed E-state index contributed by atoms with van der Waals surface area (Å²) in [7, 11) is 0. The first kappa shape index (κ1) is 16.9. The van der Waals surface area contributed by atoms with E-state index < -0.39 is 0 Å². The van der Waals surface area contributed by atoms with Crippen LogP contribution in [0, 0.1) is 11.8 Å². The van der Waals surface area contributed by atoms with E-state index in [1.165, 1.54) is 38.9 Å². The molecule has 0 aromatic rings. The van der Waals surface area contributed by atoms with Gasteiger partial charge >= 0.3 is 0 Å². The number of nitrogens with one attached hydrogen (secondary N) is 1. The number of aliphatic hydroxyl groups excluding tert-OH is 1. The van der Waals surface area contributed by atoms with E-state index in [2.05, 4.69) is 37.9 Å². The monoisotopic (exact) mass is 270 g/mol. The first-order valence-corrected chi connectivity index (χ1v) is 8.17. The number of likely N-dealkylation sites (tertiary alicyclic amines) is 1. The van der Waals surface area contributed by atoms with Gasteiger partial charge in [0.15, 0.2) is 0 Å². The summed E-state index contributed by atoms with van der Waals surface area (Å²) in [6, 6.07) is 1.00. The van der Waals surface area contributed by atoms with E-state index in [0.29, 0.717) is 18.0 Å². The standard InChI is InChI=1S/C16H34N2O/c1-5-9-18-10-6-7-15(12-18)14(4)17-16(8-11-19)13(2)3/h13-17,19H,5-12H2,1-4H3. The lowest BCUT2D eigenvalue weighted by molar-refractivity contribution is 0.138. The molecule has 1 rings (SSSR count). The minimum absolute atomic E-state index is 0.287. The van der Waals surface area contributed by atoms with Crippen molar-refractivity contribution < 1.29 is 5.11 Å². The van der Waals surface area contributed by atoms with Crippen LogP contribution in [0.4, 0.5) is 0 Å². The molecule has 0 bridgehead atoms. The van der Waals surface area contributed by atoms with Crippen LogP contribution in [0.3, 0.4) is 0 Å². The summed E-state index contributed by atoms with van der Waals surface area (Å²) in [6.07, 6.45) is 4.81. The molecule has 1 heterocycles. The van der Waals surface area contributed by atoms with E-state index in [1.807, 2.05) is 0 Å². The molecule has 1 aliphatic rings. The maximum absolute atomic E-state index is 9.17. The van der Waals surface area contributed by atoms with Gasteiger partial charge in [0.05, 0.1) is 0 Å². The summed E-state index contributed by atoms with van der Waals surface area (Å²) in [5, 5.41) is 12.9. The molecule has 0 aromatic heterocycles. The van der Waals surface area contributed by atoms with E-state index in [1.54, 1.807) is 0 Å². The van der Waals surface area contributed by atoms with Crippen molar-refractivity contribution in [1.29, 1.82) is 0 Å². The third-order valence-electron chi connectivity index (χ3n) is 4.51. The third-order valence-corrected chi connectivity index (χ3v) is 4.51. The van der Waals surface area contributed by atoms with Crippen LogP contribution >= 0.6 is 0 Å².